The van der Waals surface area contributed by atoms with Gasteiger partial charge in [-0.2, -0.15) is 0 Å². The molecule has 6 rings (SSSR count). The minimum Gasteiger partial charge on any atom is -0.393 e. The third kappa shape index (κ3) is 4.24. The maximum Gasteiger partial charge on any atom is 0.171 e. The first-order chi connectivity index (χ1) is 18.4. The van der Waals surface area contributed by atoms with Gasteiger partial charge in [0.15, 0.2) is 5.79 Å². The molecule has 0 bridgehead atoms. The first kappa shape index (κ1) is 28.0. The number of rotatable bonds is 4. The van der Waals surface area contributed by atoms with Crippen molar-refractivity contribution in [1.29, 1.82) is 0 Å². The number of benzene rings is 1. The van der Waals surface area contributed by atoms with Crippen LogP contribution < -0.4 is 4.90 Å². The second-order valence-electron chi connectivity index (χ2n) is 14.6. The minimum absolute atomic E-state index is 0.0150. The highest BCUT2D eigenvalue weighted by molar-refractivity contribution is 6.31. The van der Waals surface area contributed by atoms with Gasteiger partial charge in [0.1, 0.15) is 0 Å². The van der Waals surface area contributed by atoms with Crippen LogP contribution in [0.3, 0.4) is 0 Å². The summed E-state index contributed by atoms with van der Waals surface area (Å²) in [5.41, 5.74) is 2.24. The molecule has 0 amide bonds. The molecular weight excluding hydrogens is 510 g/mol. The Kier molecular flexibility index (Phi) is 6.80. The van der Waals surface area contributed by atoms with E-state index in [0.29, 0.717) is 37.9 Å². The Balaban J connectivity index is 1.44. The number of fused-ring (bicyclic) bond motifs is 5. The van der Waals surface area contributed by atoms with E-state index >= 15 is 0 Å². The summed E-state index contributed by atoms with van der Waals surface area (Å²) in [7, 11) is 4.11. The van der Waals surface area contributed by atoms with Crippen LogP contribution in [0.5, 0.6) is 0 Å². The molecule has 1 aliphatic heterocycles. The Morgan fingerprint density at radius 1 is 1.05 bits per heavy atom. The molecule has 0 unspecified atom stereocenters. The van der Waals surface area contributed by atoms with Crippen LogP contribution >= 0.6 is 11.6 Å². The maximum atomic E-state index is 12.9. The molecule has 6 heteroatoms. The van der Waals surface area contributed by atoms with Gasteiger partial charge in [-0.25, -0.2) is 0 Å². The van der Waals surface area contributed by atoms with E-state index < -0.39 is 16.8 Å². The fraction of sp³-hybridized carbons (Fsp3) is 0.758. The van der Waals surface area contributed by atoms with Gasteiger partial charge < -0.3 is 24.6 Å². The molecule has 6 atom stereocenters. The Morgan fingerprint density at radius 2 is 1.79 bits per heavy atom. The lowest BCUT2D eigenvalue weighted by atomic mass is 9.45. The van der Waals surface area contributed by atoms with E-state index in [1.54, 1.807) is 0 Å². The van der Waals surface area contributed by atoms with Gasteiger partial charge in [0.2, 0.25) is 0 Å². The second kappa shape index (κ2) is 9.46. The van der Waals surface area contributed by atoms with Crippen molar-refractivity contribution in [3.8, 4) is 0 Å². The Bertz CT molecular complexity index is 1140. The number of anilines is 1. The molecule has 39 heavy (non-hydrogen) atoms. The molecule has 5 nitrogen and oxygen atoms in total. The van der Waals surface area contributed by atoms with Gasteiger partial charge in [0, 0.05) is 53.9 Å². The van der Waals surface area contributed by atoms with E-state index in [9.17, 15) is 10.2 Å². The molecule has 4 fully saturated rings. The lowest BCUT2D eigenvalue weighted by Gasteiger charge is -2.64. The zero-order valence-electron chi connectivity index (χ0n) is 24.6. The lowest BCUT2D eigenvalue weighted by Crippen LogP contribution is -2.66. The zero-order chi connectivity index (χ0) is 27.8. The highest BCUT2D eigenvalue weighted by atomic mass is 35.5. The monoisotopic (exact) mass is 557 g/mol. The fourth-order valence-electron chi connectivity index (χ4n) is 9.38. The van der Waals surface area contributed by atoms with Crippen molar-refractivity contribution >= 4 is 17.3 Å². The third-order valence-corrected chi connectivity index (χ3v) is 12.1. The summed E-state index contributed by atoms with van der Waals surface area (Å²) in [5.74, 6) is 0.149. The van der Waals surface area contributed by atoms with Crippen molar-refractivity contribution < 1.29 is 19.7 Å². The number of allylic oxidation sites excluding steroid dienone is 1. The largest absolute Gasteiger partial charge is 0.393 e. The average molecular weight is 558 g/mol. The van der Waals surface area contributed by atoms with Gasteiger partial charge in [0.05, 0.1) is 24.9 Å². The molecule has 1 heterocycles. The van der Waals surface area contributed by atoms with E-state index in [-0.39, 0.29) is 16.9 Å². The van der Waals surface area contributed by atoms with Gasteiger partial charge in [-0.3, -0.25) is 0 Å². The van der Waals surface area contributed by atoms with Crippen LogP contribution in [0.1, 0.15) is 84.1 Å². The lowest BCUT2D eigenvalue weighted by molar-refractivity contribution is -0.343. The van der Waals surface area contributed by atoms with Crippen molar-refractivity contribution in [3.63, 3.8) is 0 Å². The molecular formula is C33H48ClNO4. The summed E-state index contributed by atoms with van der Waals surface area (Å²) >= 11 is 6.89. The molecule has 4 aliphatic carbocycles. The molecule has 1 aromatic rings. The van der Waals surface area contributed by atoms with Crippen molar-refractivity contribution in [1.82, 2.24) is 0 Å². The number of nitrogens with zero attached hydrogens (tertiary/aromatic N) is 1. The molecule has 216 valence electrons. The Morgan fingerprint density at radius 3 is 2.49 bits per heavy atom. The van der Waals surface area contributed by atoms with E-state index in [1.807, 2.05) is 6.07 Å². The highest BCUT2D eigenvalue weighted by Gasteiger charge is 2.67. The minimum atomic E-state index is -0.948. The van der Waals surface area contributed by atoms with Crippen LogP contribution in [0.25, 0.3) is 0 Å². The van der Waals surface area contributed by atoms with Crippen LogP contribution in [-0.4, -0.2) is 55.0 Å². The molecule has 0 radical (unpaired) electrons. The quantitative estimate of drug-likeness (QED) is 0.412. The predicted molar refractivity (Wildman–Crippen MR) is 156 cm³/mol. The molecule has 5 aliphatic rings. The van der Waals surface area contributed by atoms with Crippen LogP contribution in [0, 0.1) is 28.1 Å². The van der Waals surface area contributed by atoms with Crippen LogP contribution in [0.4, 0.5) is 5.69 Å². The summed E-state index contributed by atoms with van der Waals surface area (Å²) in [6.45, 7) is 7.91. The number of aliphatic hydroxyl groups is 2. The van der Waals surface area contributed by atoms with Crippen molar-refractivity contribution in [2.24, 2.45) is 28.1 Å². The normalized spacial score (nSPS) is 40.4. The maximum absolute atomic E-state index is 12.9. The zero-order valence-corrected chi connectivity index (χ0v) is 25.3. The first-order valence-electron chi connectivity index (χ1n) is 15.2. The topological polar surface area (TPSA) is 62.2 Å². The molecule has 1 spiro atoms. The van der Waals surface area contributed by atoms with E-state index in [0.717, 1.165) is 67.6 Å². The first-order valence-corrected chi connectivity index (χ1v) is 15.6. The van der Waals surface area contributed by atoms with Crippen molar-refractivity contribution in [2.75, 3.05) is 32.2 Å². The van der Waals surface area contributed by atoms with Gasteiger partial charge in [0.25, 0.3) is 0 Å². The number of ether oxygens (including phenoxy) is 2. The Labute approximate surface area is 239 Å². The summed E-state index contributed by atoms with van der Waals surface area (Å²) < 4.78 is 13.0. The molecule has 1 aromatic carbocycles. The van der Waals surface area contributed by atoms with Crippen LogP contribution in [0.2, 0.25) is 5.02 Å². The number of halogens is 1. The third-order valence-electron chi connectivity index (χ3n) is 11.7. The van der Waals surface area contributed by atoms with Crippen molar-refractivity contribution in [3.05, 3.63) is 40.4 Å². The van der Waals surface area contributed by atoms with Crippen LogP contribution in [-0.2, 0) is 15.9 Å². The van der Waals surface area contributed by atoms with E-state index in [1.165, 1.54) is 5.57 Å². The number of hydrogen-bond donors (Lipinski definition) is 2. The summed E-state index contributed by atoms with van der Waals surface area (Å²) in [4.78, 5) is 2.12. The average Bonchev–Trinajstić information content (AvgIpc) is 3.24. The van der Waals surface area contributed by atoms with Gasteiger partial charge >= 0.3 is 0 Å². The standard InChI is InChI=1S/C33H48ClNO4/c1-6-30-13-12-26-24(25(30)8-10-28(30)36)11-14-32(37)19-33(38-20-29(2,3)21-39-33)16-15-31(26,32)18-22-17-23(35(4)5)7-9-27(22)34/h7,9,12,17,24-25,28,36-37H,6,8,10-11,13-16,18-21H2,1-5H3/t24-,25-,28-,30-,31-,32+/m0/s1. The summed E-state index contributed by atoms with van der Waals surface area (Å²) in [6.07, 6.45) is 10.6. The second-order valence-corrected chi connectivity index (χ2v) is 15.0. The SMILES string of the molecule is CC[C@]12CC=C3[C@@H](CC[C@@]4(O)CC5(CC[C@]34Cc3cc(N(C)C)ccc3Cl)OCC(C)(C)CO5)[C@@H]1CC[C@@H]2O. The molecule has 1 saturated heterocycles. The number of hydrogen-bond acceptors (Lipinski definition) is 5. The van der Waals surface area contributed by atoms with Crippen LogP contribution in [0.15, 0.2) is 29.8 Å². The van der Waals surface area contributed by atoms with Crippen molar-refractivity contribution in [2.45, 2.75) is 102 Å². The smallest absolute Gasteiger partial charge is 0.171 e. The summed E-state index contributed by atoms with van der Waals surface area (Å²) in [6, 6.07) is 6.28. The fourth-order valence-corrected chi connectivity index (χ4v) is 9.56. The summed E-state index contributed by atoms with van der Waals surface area (Å²) in [5, 5.41) is 24.8. The molecule has 0 aromatic heterocycles. The predicted octanol–water partition coefficient (Wildman–Crippen LogP) is 6.53. The van der Waals surface area contributed by atoms with Gasteiger partial charge in [-0.1, -0.05) is 44.0 Å². The van der Waals surface area contributed by atoms with E-state index in [4.69, 9.17) is 21.1 Å². The van der Waals surface area contributed by atoms with Gasteiger partial charge in [-0.05, 0) is 87.0 Å². The molecule has 2 N–H and O–H groups in total. The van der Waals surface area contributed by atoms with E-state index in [2.05, 4.69) is 58.0 Å². The Hall–Kier alpha value is -1.11. The highest BCUT2D eigenvalue weighted by Crippen LogP contribution is 2.68. The van der Waals surface area contributed by atoms with Gasteiger partial charge in [-0.15, -0.1) is 0 Å². The number of aliphatic hydroxyl groups excluding tert-OH is 1. The molecule has 3 saturated carbocycles.